The van der Waals surface area contributed by atoms with E-state index in [1.807, 2.05) is 0 Å². The molecule has 0 aromatic heterocycles. The van der Waals surface area contributed by atoms with E-state index in [1.165, 1.54) is 11.0 Å². The van der Waals surface area contributed by atoms with Gasteiger partial charge in [-0.25, -0.2) is 12.8 Å². The lowest BCUT2D eigenvalue weighted by molar-refractivity contribution is -0.385. The number of rotatable bonds is 4. The molecule has 1 aliphatic heterocycles. The van der Waals surface area contributed by atoms with Gasteiger partial charge in [-0.2, -0.15) is 17.5 Å². The highest BCUT2D eigenvalue weighted by atomic mass is 35.5. The van der Waals surface area contributed by atoms with Crippen molar-refractivity contribution in [1.82, 2.24) is 4.31 Å². The summed E-state index contributed by atoms with van der Waals surface area (Å²) < 4.78 is 79.7. The highest BCUT2D eigenvalue weighted by molar-refractivity contribution is 7.89. The first-order chi connectivity index (χ1) is 13.9. The average Bonchev–Trinajstić information content (AvgIpc) is 2.67. The fourth-order valence-electron chi connectivity index (χ4n) is 3.05. The minimum absolute atomic E-state index is 0.0323. The molecule has 162 valence electrons. The molecule has 13 heteroatoms. The van der Waals surface area contributed by atoms with E-state index in [-0.39, 0.29) is 36.9 Å². The Balaban J connectivity index is 1.80. The zero-order valence-corrected chi connectivity index (χ0v) is 16.6. The maximum Gasteiger partial charge on any atom is 0.416 e. The molecule has 1 fully saturated rings. The molecular weight excluding hydrogens is 454 g/mol. The van der Waals surface area contributed by atoms with Gasteiger partial charge in [0.15, 0.2) is 5.82 Å². The van der Waals surface area contributed by atoms with Crippen LogP contribution in [0, 0.1) is 15.9 Å². The van der Waals surface area contributed by atoms with E-state index in [0.717, 1.165) is 22.5 Å². The van der Waals surface area contributed by atoms with Crippen LogP contribution in [0.2, 0.25) is 5.02 Å². The van der Waals surface area contributed by atoms with Crippen LogP contribution in [0.25, 0.3) is 0 Å². The predicted molar refractivity (Wildman–Crippen MR) is 100 cm³/mol. The van der Waals surface area contributed by atoms with E-state index in [2.05, 4.69) is 0 Å². The third kappa shape index (κ3) is 4.35. The normalized spacial score (nSPS) is 16.0. The number of benzene rings is 2. The smallest absolute Gasteiger partial charge is 0.367 e. The van der Waals surface area contributed by atoms with Crippen LogP contribution < -0.4 is 4.90 Å². The topological polar surface area (TPSA) is 83.8 Å². The van der Waals surface area contributed by atoms with Gasteiger partial charge in [0, 0.05) is 32.2 Å². The fourth-order valence-corrected chi connectivity index (χ4v) is 4.97. The lowest BCUT2D eigenvalue weighted by Gasteiger charge is -2.35. The van der Waals surface area contributed by atoms with Crippen molar-refractivity contribution < 1.29 is 30.9 Å². The molecule has 3 rings (SSSR count). The summed E-state index contributed by atoms with van der Waals surface area (Å²) in [6.45, 7) is -0.203. The summed E-state index contributed by atoms with van der Waals surface area (Å²) >= 11 is 5.85. The second kappa shape index (κ2) is 8.00. The second-order valence-corrected chi connectivity index (χ2v) is 8.74. The maximum atomic E-state index is 14.2. The number of hydrogen-bond donors (Lipinski definition) is 0. The molecule has 0 N–H and O–H groups in total. The highest BCUT2D eigenvalue weighted by Crippen LogP contribution is 2.35. The standard InChI is InChI=1S/C17H14ClF4N3O4S/c18-13-3-1-11(17(20,21)22)9-16(13)30(28,29)24-7-5-23(6-8-24)15-4-2-12(25(26)27)10-14(15)19/h1-4,9-10H,5-8H2. The lowest BCUT2D eigenvalue weighted by Crippen LogP contribution is -2.49. The van der Waals surface area contributed by atoms with Crippen LogP contribution in [0.4, 0.5) is 28.9 Å². The number of anilines is 1. The molecule has 0 saturated carbocycles. The summed E-state index contributed by atoms with van der Waals surface area (Å²) in [6.07, 6.45) is -4.74. The van der Waals surface area contributed by atoms with Crippen LogP contribution in [-0.2, 0) is 16.2 Å². The molecule has 0 radical (unpaired) electrons. The molecule has 30 heavy (non-hydrogen) atoms. The lowest BCUT2D eigenvalue weighted by atomic mass is 10.2. The number of hydrogen-bond acceptors (Lipinski definition) is 5. The third-order valence-corrected chi connectivity index (χ3v) is 6.98. The van der Waals surface area contributed by atoms with Crippen LogP contribution in [0.1, 0.15) is 5.56 Å². The number of nitro benzene ring substituents is 1. The zero-order valence-electron chi connectivity index (χ0n) is 15.1. The van der Waals surface area contributed by atoms with E-state index in [9.17, 15) is 36.1 Å². The first-order valence-corrected chi connectivity index (χ1v) is 10.3. The minimum Gasteiger partial charge on any atom is -0.367 e. The summed E-state index contributed by atoms with van der Waals surface area (Å²) in [5, 5.41) is 10.4. The van der Waals surface area contributed by atoms with Gasteiger partial charge in [-0.15, -0.1) is 0 Å². The Kier molecular flexibility index (Phi) is 5.94. The Morgan fingerprint density at radius 1 is 1.03 bits per heavy atom. The van der Waals surface area contributed by atoms with Gasteiger partial charge in [0.25, 0.3) is 5.69 Å². The van der Waals surface area contributed by atoms with E-state index < -0.39 is 43.1 Å². The van der Waals surface area contributed by atoms with Crippen molar-refractivity contribution in [1.29, 1.82) is 0 Å². The van der Waals surface area contributed by atoms with E-state index in [4.69, 9.17) is 11.6 Å². The molecular formula is C17H14ClF4N3O4S. The van der Waals surface area contributed by atoms with Crippen molar-refractivity contribution in [3.63, 3.8) is 0 Å². The summed E-state index contributed by atoms with van der Waals surface area (Å²) in [4.78, 5) is 10.8. The molecule has 0 aliphatic carbocycles. The molecule has 2 aromatic rings. The number of sulfonamides is 1. The highest BCUT2D eigenvalue weighted by Gasteiger charge is 2.35. The molecule has 1 aliphatic rings. The summed E-state index contributed by atoms with van der Waals surface area (Å²) in [6, 6.07) is 5.17. The molecule has 0 amide bonds. The van der Waals surface area contributed by atoms with E-state index >= 15 is 0 Å². The number of halogens is 5. The fraction of sp³-hybridized carbons (Fsp3) is 0.294. The van der Waals surface area contributed by atoms with Gasteiger partial charge < -0.3 is 4.90 Å². The molecule has 0 bridgehead atoms. The van der Waals surface area contributed by atoms with Gasteiger partial charge in [0.05, 0.1) is 27.3 Å². The van der Waals surface area contributed by atoms with Crippen molar-refractivity contribution >= 4 is 33.0 Å². The Bertz CT molecular complexity index is 1090. The molecule has 2 aromatic carbocycles. The van der Waals surface area contributed by atoms with Gasteiger partial charge in [-0.1, -0.05) is 11.6 Å². The Morgan fingerprint density at radius 2 is 1.67 bits per heavy atom. The summed E-state index contributed by atoms with van der Waals surface area (Å²) in [5.74, 6) is -0.832. The van der Waals surface area contributed by atoms with Gasteiger partial charge in [0.1, 0.15) is 4.90 Å². The first kappa shape index (κ1) is 22.2. The zero-order chi connectivity index (χ0) is 22.3. The van der Waals surface area contributed by atoms with Gasteiger partial charge in [-0.3, -0.25) is 10.1 Å². The van der Waals surface area contributed by atoms with Crippen molar-refractivity contribution in [2.24, 2.45) is 0 Å². The molecule has 0 atom stereocenters. The Hall–Kier alpha value is -2.44. The van der Waals surface area contributed by atoms with Crippen LogP contribution in [0.5, 0.6) is 0 Å². The minimum atomic E-state index is -4.74. The number of nitrogens with zero attached hydrogens (tertiary/aromatic N) is 3. The molecule has 1 saturated heterocycles. The van der Waals surface area contributed by atoms with Gasteiger partial charge in [0.2, 0.25) is 10.0 Å². The number of alkyl halides is 3. The van der Waals surface area contributed by atoms with E-state index in [1.54, 1.807) is 0 Å². The average molecular weight is 468 g/mol. The predicted octanol–water partition coefficient (Wildman–Crippen LogP) is 3.92. The van der Waals surface area contributed by atoms with Gasteiger partial charge in [-0.05, 0) is 24.3 Å². The number of non-ortho nitro benzene ring substituents is 1. The Labute approximate surface area is 173 Å². The van der Waals surface area contributed by atoms with Crippen LogP contribution in [0.3, 0.4) is 0 Å². The van der Waals surface area contributed by atoms with Crippen molar-refractivity contribution in [2.45, 2.75) is 11.1 Å². The Morgan fingerprint density at radius 3 is 2.20 bits per heavy atom. The van der Waals surface area contributed by atoms with Crippen LogP contribution in [-0.4, -0.2) is 43.8 Å². The number of nitro groups is 1. The largest absolute Gasteiger partial charge is 0.416 e. The van der Waals surface area contributed by atoms with E-state index in [0.29, 0.717) is 12.1 Å². The quantitative estimate of drug-likeness (QED) is 0.386. The summed E-state index contributed by atoms with van der Waals surface area (Å²) in [7, 11) is -4.32. The molecule has 1 heterocycles. The maximum absolute atomic E-state index is 14.2. The van der Waals surface area contributed by atoms with Crippen molar-refractivity contribution in [2.75, 3.05) is 31.1 Å². The van der Waals surface area contributed by atoms with Crippen LogP contribution >= 0.6 is 11.6 Å². The molecule has 0 spiro atoms. The SMILES string of the molecule is O=[N+]([O-])c1ccc(N2CCN(S(=O)(=O)c3cc(C(F)(F)F)ccc3Cl)CC2)c(F)c1. The number of piperazine rings is 1. The van der Waals surface area contributed by atoms with Crippen LogP contribution in [0.15, 0.2) is 41.3 Å². The van der Waals surface area contributed by atoms with Gasteiger partial charge >= 0.3 is 6.18 Å². The summed E-state index contributed by atoms with van der Waals surface area (Å²) in [5.41, 5.74) is -1.50. The van der Waals surface area contributed by atoms with Crippen molar-refractivity contribution in [3.8, 4) is 0 Å². The third-order valence-electron chi connectivity index (χ3n) is 4.60. The molecule has 0 unspecified atom stereocenters. The molecule has 7 nitrogen and oxygen atoms in total. The first-order valence-electron chi connectivity index (χ1n) is 8.47. The van der Waals surface area contributed by atoms with Crippen molar-refractivity contribution in [3.05, 3.63) is 62.9 Å². The second-order valence-electron chi connectivity index (χ2n) is 6.43. The monoisotopic (exact) mass is 467 g/mol.